The number of carbonyl (C=O) groups excluding carboxylic acids is 1. The number of carbonyl (C=O) groups is 2. The lowest BCUT2D eigenvalue weighted by Crippen LogP contribution is -2.40. The highest BCUT2D eigenvalue weighted by Crippen LogP contribution is 2.27. The van der Waals surface area contributed by atoms with Gasteiger partial charge in [-0.3, -0.25) is 4.79 Å². The third-order valence-electron chi connectivity index (χ3n) is 3.42. The van der Waals surface area contributed by atoms with Gasteiger partial charge < -0.3 is 14.6 Å². The maximum atomic E-state index is 13.2. The highest BCUT2D eigenvalue weighted by molar-refractivity contribution is 6.31. The van der Waals surface area contributed by atoms with Gasteiger partial charge in [0.15, 0.2) is 0 Å². The summed E-state index contributed by atoms with van der Waals surface area (Å²) in [4.78, 5) is 25.1. The number of halogens is 2. The predicted octanol–water partition coefficient (Wildman–Crippen LogP) is 2.64. The number of amides is 1. The van der Waals surface area contributed by atoms with E-state index in [4.69, 9.17) is 16.7 Å². The second-order valence-corrected chi connectivity index (χ2v) is 5.04. The van der Waals surface area contributed by atoms with E-state index >= 15 is 0 Å². The number of aromatic carboxylic acids is 1. The molecule has 0 radical (unpaired) electrons. The Bertz CT molecular complexity index is 757. The number of nitrogens with zero attached hydrogens (tertiary/aromatic N) is 2. The van der Waals surface area contributed by atoms with E-state index in [2.05, 4.69) is 0 Å². The molecule has 108 valence electrons. The van der Waals surface area contributed by atoms with Gasteiger partial charge in [0.25, 0.3) is 5.91 Å². The van der Waals surface area contributed by atoms with Gasteiger partial charge in [-0.15, -0.1) is 0 Å². The zero-order valence-corrected chi connectivity index (χ0v) is 11.5. The minimum atomic E-state index is -1.16. The van der Waals surface area contributed by atoms with Crippen LogP contribution in [0, 0.1) is 5.82 Å². The Kier molecular flexibility index (Phi) is 3.17. The molecule has 1 aliphatic rings. The lowest BCUT2D eigenvalue weighted by atomic mass is 10.1. The second-order valence-electron chi connectivity index (χ2n) is 4.63. The molecule has 21 heavy (non-hydrogen) atoms. The molecule has 1 aromatic carbocycles. The van der Waals surface area contributed by atoms with Crippen molar-refractivity contribution in [2.45, 2.75) is 6.54 Å². The van der Waals surface area contributed by atoms with Gasteiger partial charge in [-0.05, 0) is 24.3 Å². The van der Waals surface area contributed by atoms with E-state index in [0.717, 1.165) is 0 Å². The SMILES string of the molecule is O=C(O)c1ccn2c1C(=O)N(c1ccc(F)c(Cl)c1)CC2. The first kappa shape index (κ1) is 13.6. The monoisotopic (exact) mass is 308 g/mol. The third-order valence-corrected chi connectivity index (χ3v) is 3.71. The van der Waals surface area contributed by atoms with Crippen molar-refractivity contribution in [3.63, 3.8) is 0 Å². The fraction of sp³-hybridized carbons (Fsp3) is 0.143. The third kappa shape index (κ3) is 2.17. The van der Waals surface area contributed by atoms with E-state index in [9.17, 15) is 14.0 Å². The molecule has 0 spiro atoms. The van der Waals surface area contributed by atoms with Gasteiger partial charge in [-0.1, -0.05) is 11.6 Å². The van der Waals surface area contributed by atoms with Crippen molar-refractivity contribution in [3.05, 3.63) is 52.6 Å². The Morgan fingerprint density at radius 2 is 2.05 bits per heavy atom. The highest BCUT2D eigenvalue weighted by Gasteiger charge is 2.30. The quantitative estimate of drug-likeness (QED) is 0.927. The molecule has 0 saturated heterocycles. The molecule has 0 fully saturated rings. The smallest absolute Gasteiger partial charge is 0.338 e. The molecule has 0 unspecified atom stereocenters. The summed E-state index contributed by atoms with van der Waals surface area (Å²) in [6.45, 7) is 0.824. The normalized spacial score (nSPS) is 14.2. The minimum Gasteiger partial charge on any atom is -0.478 e. The molecule has 1 amide bonds. The first-order valence-corrected chi connectivity index (χ1v) is 6.56. The number of aromatic nitrogens is 1. The summed E-state index contributed by atoms with van der Waals surface area (Å²) in [5, 5.41) is 9.05. The van der Waals surface area contributed by atoms with Gasteiger partial charge in [-0.2, -0.15) is 0 Å². The van der Waals surface area contributed by atoms with Gasteiger partial charge in [0, 0.05) is 25.0 Å². The van der Waals surface area contributed by atoms with Crippen LogP contribution in [0.15, 0.2) is 30.5 Å². The number of carboxylic acid groups (broad SMARTS) is 1. The summed E-state index contributed by atoms with van der Waals surface area (Å²) in [5.41, 5.74) is 0.516. The maximum absolute atomic E-state index is 13.2. The van der Waals surface area contributed by atoms with Crippen molar-refractivity contribution in [3.8, 4) is 0 Å². The molecule has 5 nitrogen and oxygen atoms in total. The van der Waals surface area contributed by atoms with Crippen molar-refractivity contribution in [1.82, 2.24) is 4.57 Å². The lowest BCUT2D eigenvalue weighted by molar-refractivity contribution is 0.0690. The van der Waals surface area contributed by atoms with Crippen molar-refractivity contribution < 1.29 is 19.1 Å². The van der Waals surface area contributed by atoms with Crippen LogP contribution in [0.5, 0.6) is 0 Å². The minimum absolute atomic E-state index is 0.0436. The topological polar surface area (TPSA) is 62.5 Å². The van der Waals surface area contributed by atoms with Crippen LogP contribution in [0.3, 0.4) is 0 Å². The van der Waals surface area contributed by atoms with E-state index < -0.39 is 17.7 Å². The van der Waals surface area contributed by atoms with Gasteiger partial charge in [-0.25, -0.2) is 9.18 Å². The van der Waals surface area contributed by atoms with Crippen molar-refractivity contribution in [2.24, 2.45) is 0 Å². The molecule has 0 saturated carbocycles. The zero-order chi connectivity index (χ0) is 15.1. The molecule has 1 N–H and O–H groups in total. The van der Waals surface area contributed by atoms with Crippen LogP contribution in [0.25, 0.3) is 0 Å². The molecular formula is C14H10ClFN2O3. The Balaban J connectivity index is 2.03. The summed E-state index contributed by atoms with van der Waals surface area (Å²) >= 11 is 5.73. The van der Waals surface area contributed by atoms with E-state index in [1.807, 2.05) is 0 Å². The van der Waals surface area contributed by atoms with Crippen molar-refractivity contribution >= 4 is 29.2 Å². The van der Waals surface area contributed by atoms with Gasteiger partial charge >= 0.3 is 5.97 Å². The Labute approximate surface area is 124 Å². The first-order chi connectivity index (χ1) is 9.99. The summed E-state index contributed by atoms with van der Waals surface area (Å²) in [5.74, 6) is -2.16. The molecule has 3 rings (SSSR count). The van der Waals surface area contributed by atoms with Crippen LogP contribution in [0.2, 0.25) is 5.02 Å². The Morgan fingerprint density at radius 3 is 2.71 bits per heavy atom. The van der Waals surface area contributed by atoms with E-state index in [0.29, 0.717) is 18.8 Å². The molecule has 7 heteroatoms. The number of benzene rings is 1. The fourth-order valence-electron chi connectivity index (χ4n) is 2.41. The highest BCUT2D eigenvalue weighted by atomic mass is 35.5. The van der Waals surface area contributed by atoms with E-state index in [-0.39, 0.29) is 16.3 Å². The summed E-state index contributed by atoms with van der Waals surface area (Å²) in [6, 6.07) is 5.37. The number of fused-ring (bicyclic) bond motifs is 1. The first-order valence-electron chi connectivity index (χ1n) is 6.18. The number of carboxylic acids is 1. The molecule has 1 aromatic heterocycles. The van der Waals surface area contributed by atoms with Gasteiger partial charge in [0.1, 0.15) is 11.5 Å². The maximum Gasteiger partial charge on any atom is 0.338 e. The summed E-state index contributed by atoms with van der Waals surface area (Å²) in [7, 11) is 0. The lowest BCUT2D eigenvalue weighted by Gasteiger charge is -2.29. The largest absolute Gasteiger partial charge is 0.478 e. The Hall–Kier alpha value is -2.34. The van der Waals surface area contributed by atoms with Crippen LogP contribution in [-0.4, -0.2) is 28.1 Å². The molecule has 0 bridgehead atoms. The number of anilines is 1. The standard InChI is InChI=1S/C14H10ClFN2O3/c15-10-7-8(1-2-11(10)16)18-6-5-17-4-3-9(14(20)21)12(17)13(18)19/h1-4,7H,5-6H2,(H,20,21). The van der Waals surface area contributed by atoms with Crippen LogP contribution < -0.4 is 4.90 Å². The molecule has 2 heterocycles. The van der Waals surface area contributed by atoms with Gasteiger partial charge in [0.05, 0.1) is 10.6 Å². The average molecular weight is 309 g/mol. The number of hydrogen-bond donors (Lipinski definition) is 1. The van der Waals surface area contributed by atoms with E-state index in [1.54, 1.807) is 10.8 Å². The van der Waals surface area contributed by atoms with Gasteiger partial charge in [0.2, 0.25) is 0 Å². The number of hydrogen-bond acceptors (Lipinski definition) is 2. The summed E-state index contributed by atoms with van der Waals surface area (Å²) in [6.07, 6.45) is 1.58. The second kappa shape index (κ2) is 4.89. The predicted molar refractivity (Wildman–Crippen MR) is 74.5 cm³/mol. The van der Waals surface area contributed by atoms with Crippen molar-refractivity contribution in [2.75, 3.05) is 11.4 Å². The number of rotatable bonds is 2. The molecule has 2 aromatic rings. The molecule has 1 aliphatic heterocycles. The van der Waals surface area contributed by atoms with Crippen LogP contribution in [0.4, 0.5) is 10.1 Å². The average Bonchev–Trinajstić information content (AvgIpc) is 2.87. The van der Waals surface area contributed by atoms with Crippen LogP contribution >= 0.6 is 11.6 Å². The molecular weight excluding hydrogens is 299 g/mol. The Morgan fingerprint density at radius 1 is 1.29 bits per heavy atom. The fourth-order valence-corrected chi connectivity index (χ4v) is 2.58. The van der Waals surface area contributed by atoms with Crippen LogP contribution in [-0.2, 0) is 6.54 Å². The van der Waals surface area contributed by atoms with E-state index in [1.165, 1.54) is 29.2 Å². The molecule has 0 atom stereocenters. The summed E-state index contributed by atoms with van der Waals surface area (Å²) < 4.78 is 14.8. The molecule has 0 aliphatic carbocycles. The van der Waals surface area contributed by atoms with Crippen LogP contribution in [0.1, 0.15) is 20.8 Å². The van der Waals surface area contributed by atoms with Crippen molar-refractivity contribution in [1.29, 1.82) is 0 Å². The zero-order valence-electron chi connectivity index (χ0n) is 10.7.